The summed E-state index contributed by atoms with van der Waals surface area (Å²) in [5, 5.41) is 0. The van der Waals surface area contributed by atoms with Crippen LogP contribution < -0.4 is 15.2 Å². The molecular weight excluding hydrogens is 270 g/mol. The van der Waals surface area contributed by atoms with E-state index < -0.39 is 0 Å². The van der Waals surface area contributed by atoms with Crippen LogP contribution in [0.5, 0.6) is 11.5 Å². The summed E-state index contributed by atoms with van der Waals surface area (Å²) in [4.78, 5) is 0. The molecule has 0 spiro atoms. The lowest BCUT2D eigenvalue weighted by atomic mass is 9.95. The molecule has 0 aliphatic carbocycles. The van der Waals surface area contributed by atoms with Crippen molar-refractivity contribution in [2.45, 2.75) is 25.8 Å². The first-order valence-electron chi connectivity index (χ1n) is 5.07. The average molecular weight is 288 g/mol. The van der Waals surface area contributed by atoms with Gasteiger partial charge in [-0.3, -0.25) is 0 Å². The van der Waals surface area contributed by atoms with Crippen LogP contribution in [-0.4, -0.2) is 19.8 Å². The highest BCUT2D eigenvalue weighted by atomic mass is 79.9. The molecule has 0 amide bonds. The lowest BCUT2D eigenvalue weighted by Gasteiger charge is -2.22. The average Bonchev–Trinajstić information content (AvgIpc) is 2.19. The van der Waals surface area contributed by atoms with Gasteiger partial charge in [-0.25, -0.2) is 0 Å². The Bertz CT molecular complexity index is 372. The van der Waals surface area contributed by atoms with E-state index in [0.29, 0.717) is 6.42 Å². The predicted octanol–water partition coefficient (Wildman–Crippen LogP) is 2.75. The molecule has 1 aromatic rings. The molecule has 1 rings (SSSR count). The van der Waals surface area contributed by atoms with Crippen LogP contribution in [0.3, 0.4) is 0 Å². The smallest absolute Gasteiger partial charge is 0.165 e. The zero-order chi connectivity index (χ0) is 12.3. The fraction of sp³-hybridized carbons (Fsp3) is 0.500. The molecule has 0 aliphatic rings. The van der Waals surface area contributed by atoms with E-state index in [2.05, 4.69) is 15.9 Å². The Kier molecular flexibility index (Phi) is 4.21. The SMILES string of the molecule is COc1ccc(Br)c(CC(C)(C)N)c1OC. The topological polar surface area (TPSA) is 44.5 Å². The van der Waals surface area contributed by atoms with Gasteiger partial charge in [0.2, 0.25) is 0 Å². The van der Waals surface area contributed by atoms with Crippen molar-refractivity contribution >= 4 is 15.9 Å². The van der Waals surface area contributed by atoms with Gasteiger partial charge < -0.3 is 15.2 Å². The van der Waals surface area contributed by atoms with Gasteiger partial charge in [0.1, 0.15) is 0 Å². The maximum absolute atomic E-state index is 6.03. The van der Waals surface area contributed by atoms with Gasteiger partial charge in [-0.05, 0) is 32.4 Å². The lowest BCUT2D eigenvalue weighted by molar-refractivity contribution is 0.348. The quantitative estimate of drug-likeness (QED) is 0.926. The highest BCUT2D eigenvalue weighted by Gasteiger charge is 2.20. The fourth-order valence-electron chi connectivity index (χ4n) is 1.59. The number of hydrogen-bond donors (Lipinski definition) is 1. The molecule has 0 bridgehead atoms. The summed E-state index contributed by atoms with van der Waals surface area (Å²) < 4.78 is 11.6. The zero-order valence-electron chi connectivity index (χ0n) is 10.1. The van der Waals surface area contributed by atoms with Crippen LogP contribution in [0.2, 0.25) is 0 Å². The summed E-state index contributed by atoms with van der Waals surface area (Å²) in [6.07, 6.45) is 0.716. The van der Waals surface area contributed by atoms with Gasteiger partial charge in [0.25, 0.3) is 0 Å². The largest absolute Gasteiger partial charge is 0.493 e. The molecule has 0 heterocycles. The van der Waals surface area contributed by atoms with Crippen LogP contribution in [0, 0.1) is 0 Å². The maximum Gasteiger partial charge on any atom is 0.165 e. The molecule has 3 nitrogen and oxygen atoms in total. The van der Waals surface area contributed by atoms with E-state index in [1.807, 2.05) is 26.0 Å². The first kappa shape index (κ1) is 13.3. The summed E-state index contributed by atoms with van der Waals surface area (Å²) >= 11 is 3.51. The fourth-order valence-corrected chi connectivity index (χ4v) is 2.04. The predicted molar refractivity (Wildman–Crippen MR) is 69.2 cm³/mol. The summed E-state index contributed by atoms with van der Waals surface area (Å²) in [5.74, 6) is 1.47. The third-order valence-electron chi connectivity index (χ3n) is 2.22. The molecule has 0 aliphatic heterocycles. The maximum atomic E-state index is 6.03. The molecule has 0 aromatic heterocycles. The standard InChI is InChI=1S/C12H18BrNO2/c1-12(2,14)7-8-9(13)5-6-10(15-3)11(8)16-4/h5-6H,7,14H2,1-4H3. The molecule has 0 saturated heterocycles. The summed E-state index contributed by atoms with van der Waals surface area (Å²) in [5.41, 5.74) is 6.78. The van der Waals surface area contributed by atoms with Crippen molar-refractivity contribution in [3.63, 3.8) is 0 Å². The van der Waals surface area contributed by atoms with E-state index in [9.17, 15) is 0 Å². The minimum atomic E-state index is -0.290. The van der Waals surface area contributed by atoms with Crippen molar-refractivity contribution < 1.29 is 9.47 Å². The third-order valence-corrected chi connectivity index (χ3v) is 2.97. The van der Waals surface area contributed by atoms with Crippen molar-refractivity contribution in [2.24, 2.45) is 5.73 Å². The summed E-state index contributed by atoms with van der Waals surface area (Å²) in [6.45, 7) is 3.97. The van der Waals surface area contributed by atoms with Crippen LogP contribution in [0.25, 0.3) is 0 Å². The monoisotopic (exact) mass is 287 g/mol. The van der Waals surface area contributed by atoms with E-state index in [4.69, 9.17) is 15.2 Å². The van der Waals surface area contributed by atoms with Crippen molar-refractivity contribution in [1.29, 1.82) is 0 Å². The van der Waals surface area contributed by atoms with Gasteiger partial charge in [-0.15, -0.1) is 0 Å². The molecule has 0 radical (unpaired) electrons. The molecule has 2 N–H and O–H groups in total. The number of methoxy groups -OCH3 is 2. The van der Waals surface area contributed by atoms with E-state index >= 15 is 0 Å². The molecule has 4 heteroatoms. The number of hydrogen-bond acceptors (Lipinski definition) is 3. The Morgan fingerprint density at radius 3 is 2.31 bits per heavy atom. The normalized spacial score (nSPS) is 11.4. The molecule has 90 valence electrons. The first-order valence-corrected chi connectivity index (χ1v) is 5.86. The van der Waals surface area contributed by atoms with Crippen LogP contribution in [-0.2, 0) is 6.42 Å². The highest BCUT2D eigenvalue weighted by molar-refractivity contribution is 9.10. The Morgan fingerprint density at radius 1 is 1.25 bits per heavy atom. The molecule has 0 atom stereocenters. The molecule has 0 saturated carbocycles. The second-order valence-corrected chi connectivity index (χ2v) is 5.28. The zero-order valence-corrected chi connectivity index (χ0v) is 11.7. The van der Waals surface area contributed by atoms with Gasteiger partial charge in [0.05, 0.1) is 14.2 Å². The van der Waals surface area contributed by atoms with E-state index in [1.165, 1.54) is 0 Å². The number of halogens is 1. The minimum absolute atomic E-state index is 0.290. The molecule has 0 unspecified atom stereocenters. The second-order valence-electron chi connectivity index (χ2n) is 4.43. The Balaban J connectivity index is 3.23. The van der Waals surface area contributed by atoms with Gasteiger partial charge in [0, 0.05) is 15.6 Å². The van der Waals surface area contributed by atoms with E-state index in [-0.39, 0.29) is 5.54 Å². The van der Waals surface area contributed by atoms with Crippen molar-refractivity contribution in [2.75, 3.05) is 14.2 Å². The highest BCUT2D eigenvalue weighted by Crippen LogP contribution is 2.37. The van der Waals surface area contributed by atoms with Gasteiger partial charge in [-0.2, -0.15) is 0 Å². The van der Waals surface area contributed by atoms with E-state index in [1.54, 1.807) is 14.2 Å². The van der Waals surface area contributed by atoms with Gasteiger partial charge in [-0.1, -0.05) is 15.9 Å². The van der Waals surface area contributed by atoms with Crippen molar-refractivity contribution in [3.05, 3.63) is 22.2 Å². The number of benzene rings is 1. The van der Waals surface area contributed by atoms with Crippen LogP contribution in [0.15, 0.2) is 16.6 Å². The minimum Gasteiger partial charge on any atom is -0.493 e. The van der Waals surface area contributed by atoms with Crippen molar-refractivity contribution in [3.8, 4) is 11.5 Å². The second kappa shape index (κ2) is 5.06. The van der Waals surface area contributed by atoms with Gasteiger partial charge in [0.15, 0.2) is 11.5 Å². The molecule has 16 heavy (non-hydrogen) atoms. The Morgan fingerprint density at radius 2 is 1.88 bits per heavy atom. The van der Waals surface area contributed by atoms with Crippen LogP contribution in [0.4, 0.5) is 0 Å². The number of nitrogens with two attached hydrogens (primary N) is 1. The molecule has 0 fully saturated rings. The number of ether oxygens (including phenoxy) is 2. The Labute approximate surface area is 105 Å². The van der Waals surface area contributed by atoms with Crippen LogP contribution in [0.1, 0.15) is 19.4 Å². The third kappa shape index (κ3) is 3.12. The van der Waals surface area contributed by atoms with Gasteiger partial charge >= 0.3 is 0 Å². The number of rotatable bonds is 4. The Hall–Kier alpha value is -0.740. The van der Waals surface area contributed by atoms with Crippen LogP contribution >= 0.6 is 15.9 Å². The summed E-state index contributed by atoms with van der Waals surface area (Å²) in [6, 6.07) is 3.82. The lowest BCUT2D eigenvalue weighted by Crippen LogP contribution is -2.34. The summed E-state index contributed by atoms with van der Waals surface area (Å²) in [7, 11) is 3.26. The van der Waals surface area contributed by atoms with Crippen molar-refractivity contribution in [1.82, 2.24) is 0 Å². The molecular formula is C12H18BrNO2. The van der Waals surface area contributed by atoms with E-state index in [0.717, 1.165) is 21.5 Å². The first-order chi connectivity index (χ1) is 7.39. The molecule has 1 aromatic carbocycles.